The molecule has 3 N–H and O–H groups in total. The standard InChI is InChI=1S/C25H26N2O4/c1-30-23(20-12-6-3-7-13-20)25(29)27-22(24(26)28)16-19-11-8-14-21(15-19)31-17-18-9-4-2-5-10-18/h2-15,22-23H,16-17H2,1H3,(H2,26,28)(H,27,29)/t22-,23+/m0/s1. The number of nitrogens with two attached hydrogens (primary N) is 1. The second-order valence-corrected chi connectivity index (χ2v) is 7.12. The third kappa shape index (κ3) is 6.42. The molecule has 0 aliphatic carbocycles. The first-order valence-corrected chi connectivity index (χ1v) is 10.00. The lowest BCUT2D eigenvalue weighted by atomic mass is 10.0. The fourth-order valence-corrected chi connectivity index (χ4v) is 3.23. The Kier molecular flexibility index (Phi) is 7.79. The van der Waals surface area contributed by atoms with E-state index < -0.39 is 24.0 Å². The van der Waals surface area contributed by atoms with Crippen molar-refractivity contribution >= 4 is 11.8 Å². The maximum absolute atomic E-state index is 12.7. The van der Waals surface area contributed by atoms with Gasteiger partial charge < -0.3 is 20.5 Å². The summed E-state index contributed by atoms with van der Waals surface area (Å²) in [7, 11) is 1.45. The van der Waals surface area contributed by atoms with Gasteiger partial charge in [0.15, 0.2) is 6.10 Å². The Hall–Kier alpha value is -3.64. The minimum Gasteiger partial charge on any atom is -0.489 e. The summed E-state index contributed by atoms with van der Waals surface area (Å²) >= 11 is 0. The number of nitrogens with one attached hydrogen (secondary N) is 1. The van der Waals surface area contributed by atoms with Gasteiger partial charge in [-0.3, -0.25) is 9.59 Å². The number of primary amides is 1. The maximum atomic E-state index is 12.7. The zero-order valence-electron chi connectivity index (χ0n) is 17.4. The Labute approximate surface area is 182 Å². The average molecular weight is 418 g/mol. The summed E-state index contributed by atoms with van der Waals surface area (Å²) in [6.45, 7) is 0.437. The first kappa shape index (κ1) is 22.1. The van der Waals surface area contributed by atoms with Crippen molar-refractivity contribution in [3.8, 4) is 5.75 Å². The number of benzene rings is 3. The van der Waals surface area contributed by atoms with Crippen LogP contribution in [0.1, 0.15) is 22.8 Å². The number of hydrogen-bond donors (Lipinski definition) is 2. The minimum absolute atomic E-state index is 0.245. The summed E-state index contributed by atoms with van der Waals surface area (Å²) in [5, 5.41) is 2.71. The third-order valence-corrected chi connectivity index (χ3v) is 4.82. The monoisotopic (exact) mass is 418 g/mol. The van der Waals surface area contributed by atoms with E-state index in [2.05, 4.69) is 5.32 Å². The van der Waals surface area contributed by atoms with Crippen LogP contribution in [0.3, 0.4) is 0 Å². The summed E-state index contributed by atoms with van der Waals surface area (Å²) in [6.07, 6.45) is -0.585. The summed E-state index contributed by atoms with van der Waals surface area (Å²) in [6, 6.07) is 25.4. The van der Waals surface area contributed by atoms with E-state index in [-0.39, 0.29) is 6.42 Å². The van der Waals surface area contributed by atoms with Gasteiger partial charge in [-0.15, -0.1) is 0 Å². The van der Waals surface area contributed by atoms with Crippen molar-refractivity contribution < 1.29 is 19.1 Å². The highest BCUT2D eigenvalue weighted by molar-refractivity contribution is 5.89. The Balaban J connectivity index is 1.65. The number of ether oxygens (including phenoxy) is 2. The molecule has 0 saturated heterocycles. The molecule has 3 aromatic carbocycles. The summed E-state index contributed by atoms with van der Waals surface area (Å²) in [5.74, 6) is -0.365. The highest BCUT2D eigenvalue weighted by atomic mass is 16.5. The van der Waals surface area contributed by atoms with Gasteiger partial charge in [0.25, 0.3) is 5.91 Å². The van der Waals surface area contributed by atoms with Crippen molar-refractivity contribution in [3.63, 3.8) is 0 Å². The summed E-state index contributed by atoms with van der Waals surface area (Å²) in [5.41, 5.74) is 8.14. The fraction of sp³-hybridized carbons (Fsp3) is 0.200. The molecule has 6 nitrogen and oxygen atoms in total. The lowest BCUT2D eigenvalue weighted by Crippen LogP contribution is -2.47. The number of rotatable bonds is 10. The van der Waals surface area contributed by atoms with Gasteiger partial charge in [0.1, 0.15) is 18.4 Å². The van der Waals surface area contributed by atoms with Crippen LogP contribution in [0.15, 0.2) is 84.9 Å². The molecule has 0 aliphatic heterocycles. The fourth-order valence-electron chi connectivity index (χ4n) is 3.23. The van der Waals surface area contributed by atoms with Crippen LogP contribution in [0.25, 0.3) is 0 Å². The van der Waals surface area contributed by atoms with Gasteiger partial charge >= 0.3 is 0 Å². The maximum Gasteiger partial charge on any atom is 0.254 e. The molecule has 6 heteroatoms. The van der Waals surface area contributed by atoms with E-state index in [0.717, 1.165) is 11.1 Å². The topological polar surface area (TPSA) is 90.7 Å². The predicted molar refractivity (Wildman–Crippen MR) is 118 cm³/mol. The Morgan fingerprint density at radius 1 is 0.903 bits per heavy atom. The molecule has 0 unspecified atom stereocenters. The van der Waals surface area contributed by atoms with Crippen LogP contribution in [-0.4, -0.2) is 25.0 Å². The number of amides is 2. The van der Waals surface area contributed by atoms with Gasteiger partial charge in [0.2, 0.25) is 5.91 Å². The number of hydrogen-bond acceptors (Lipinski definition) is 4. The molecule has 0 bridgehead atoms. The van der Waals surface area contributed by atoms with E-state index in [1.807, 2.05) is 72.8 Å². The second-order valence-electron chi connectivity index (χ2n) is 7.12. The predicted octanol–water partition coefficient (Wildman–Crippen LogP) is 3.17. The normalized spacial score (nSPS) is 12.5. The van der Waals surface area contributed by atoms with E-state index in [0.29, 0.717) is 17.9 Å². The van der Waals surface area contributed by atoms with E-state index in [9.17, 15) is 9.59 Å². The minimum atomic E-state index is -0.877. The molecule has 3 aromatic rings. The molecule has 0 fully saturated rings. The molecule has 0 aromatic heterocycles. The van der Waals surface area contributed by atoms with Crippen LogP contribution in [0, 0.1) is 0 Å². The summed E-state index contributed by atoms with van der Waals surface area (Å²) in [4.78, 5) is 24.8. The van der Waals surface area contributed by atoms with E-state index in [1.165, 1.54) is 7.11 Å². The molecular weight excluding hydrogens is 392 g/mol. The first-order chi connectivity index (χ1) is 15.1. The lowest BCUT2D eigenvalue weighted by molar-refractivity contribution is -0.134. The van der Waals surface area contributed by atoms with Crippen LogP contribution < -0.4 is 15.8 Å². The largest absolute Gasteiger partial charge is 0.489 e. The molecule has 2 amide bonds. The van der Waals surface area contributed by atoms with Crippen LogP contribution in [0.5, 0.6) is 5.75 Å². The molecule has 31 heavy (non-hydrogen) atoms. The Morgan fingerprint density at radius 2 is 1.55 bits per heavy atom. The van der Waals surface area contributed by atoms with E-state index in [4.69, 9.17) is 15.2 Å². The van der Waals surface area contributed by atoms with Gasteiger partial charge in [-0.2, -0.15) is 0 Å². The van der Waals surface area contributed by atoms with Gasteiger partial charge in [-0.25, -0.2) is 0 Å². The van der Waals surface area contributed by atoms with Crippen molar-refractivity contribution in [2.75, 3.05) is 7.11 Å². The van der Waals surface area contributed by atoms with Crippen molar-refractivity contribution in [1.82, 2.24) is 5.32 Å². The summed E-state index contributed by atoms with van der Waals surface area (Å²) < 4.78 is 11.2. The zero-order valence-corrected chi connectivity index (χ0v) is 17.4. The van der Waals surface area contributed by atoms with E-state index >= 15 is 0 Å². The first-order valence-electron chi connectivity index (χ1n) is 10.00. The Bertz CT molecular complexity index is 993. The number of carbonyl (C=O) groups is 2. The van der Waals surface area contributed by atoms with Crippen molar-refractivity contribution in [2.45, 2.75) is 25.2 Å². The molecule has 0 heterocycles. The average Bonchev–Trinajstić information content (AvgIpc) is 2.79. The number of carbonyl (C=O) groups excluding carboxylic acids is 2. The lowest BCUT2D eigenvalue weighted by Gasteiger charge is -2.20. The van der Waals surface area contributed by atoms with Gasteiger partial charge in [-0.1, -0.05) is 72.8 Å². The third-order valence-electron chi connectivity index (χ3n) is 4.82. The molecule has 0 saturated carbocycles. The molecule has 0 spiro atoms. The number of methoxy groups -OCH3 is 1. The Morgan fingerprint density at radius 3 is 2.19 bits per heavy atom. The smallest absolute Gasteiger partial charge is 0.254 e. The highest BCUT2D eigenvalue weighted by Crippen LogP contribution is 2.19. The van der Waals surface area contributed by atoms with Crippen molar-refractivity contribution in [1.29, 1.82) is 0 Å². The van der Waals surface area contributed by atoms with E-state index in [1.54, 1.807) is 12.1 Å². The van der Waals surface area contributed by atoms with Crippen LogP contribution in [-0.2, 0) is 27.4 Å². The SMILES string of the molecule is CO[C@@H](C(=O)N[C@@H](Cc1cccc(OCc2ccccc2)c1)C(N)=O)c1ccccc1. The van der Waals surface area contributed by atoms with Gasteiger partial charge in [0.05, 0.1) is 0 Å². The van der Waals surface area contributed by atoms with Crippen LogP contribution >= 0.6 is 0 Å². The molecule has 3 rings (SSSR count). The zero-order chi connectivity index (χ0) is 22.1. The van der Waals surface area contributed by atoms with Gasteiger partial charge in [0, 0.05) is 13.5 Å². The van der Waals surface area contributed by atoms with Crippen LogP contribution in [0.4, 0.5) is 0 Å². The molecule has 0 radical (unpaired) electrons. The van der Waals surface area contributed by atoms with Crippen molar-refractivity contribution in [3.05, 3.63) is 102 Å². The second kappa shape index (κ2) is 10.9. The molecule has 2 atom stereocenters. The highest BCUT2D eigenvalue weighted by Gasteiger charge is 2.25. The molecule has 160 valence electrons. The van der Waals surface area contributed by atoms with Crippen molar-refractivity contribution in [2.24, 2.45) is 5.73 Å². The quantitative estimate of drug-likeness (QED) is 0.529. The van der Waals surface area contributed by atoms with Crippen LogP contribution in [0.2, 0.25) is 0 Å². The van der Waals surface area contributed by atoms with Gasteiger partial charge in [-0.05, 0) is 28.8 Å². The molecular formula is C25H26N2O4. The molecule has 0 aliphatic rings.